The minimum Gasteiger partial charge on any atom is -0.352 e. The summed E-state index contributed by atoms with van der Waals surface area (Å²) in [5, 5.41) is 8.86. The van der Waals surface area contributed by atoms with E-state index in [0.717, 1.165) is 31.0 Å². The molecule has 3 aliphatic heterocycles. The molecule has 2 atom stereocenters. The predicted octanol–water partition coefficient (Wildman–Crippen LogP) is 1.76. The third kappa shape index (κ3) is 2.38. The van der Waals surface area contributed by atoms with Crippen LogP contribution >= 0.6 is 0 Å². The molecule has 3 saturated heterocycles. The second-order valence-electron chi connectivity index (χ2n) is 6.37. The van der Waals surface area contributed by atoms with E-state index >= 15 is 0 Å². The van der Waals surface area contributed by atoms with Crippen molar-refractivity contribution in [3.63, 3.8) is 0 Å². The van der Waals surface area contributed by atoms with Gasteiger partial charge in [-0.25, -0.2) is 9.97 Å². The van der Waals surface area contributed by atoms with E-state index in [1.54, 1.807) is 30.6 Å². The van der Waals surface area contributed by atoms with E-state index < -0.39 is 0 Å². The van der Waals surface area contributed by atoms with Gasteiger partial charge < -0.3 is 9.80 Å². The van der Waals surface area contributed by atoms with Gasteiger partial charge in [0.15, 0.2) is 0 Å². The van der Waals surface area contributed by atoms with Crippen LogP contribution in [0.25, 0.3) is 0 Å². The van der Waals surface area contributed by atoms with Crippen molar-refractivity contribution in [1.82, 2.24) is 14.9 Å². The van der Waals surface area contributed by atoms with Crippen molar-refractivity contribution in [3.05, 3.63) is 53.5 Å². The van der Waals surface area contributed by atoms with Gasteiger partial charge in [0.05, 0.1) is 23.7 Å². The molecule has 24 heavy (non-hydrogen) atoms. The number of carbonyl (C=O) groups is 1. The Bertz CT molecular complexity index is 814. The van der Waals surface area contributed by atoms with Crippen molar-refractivity contribution in [1.29, 1.82) is 5.26 Å². The van der Waals surface area contributed by atoms with Crippen LogP contribution in [0.2, 0.25) is 0 Å². The summed E-state index contributed by atoms with van der Waals surface area (Å²) in [7, 11) is 0. The number of piperazine rings is 1. The van der Waals surface area contributed by atoms with Crippen molar-refractivity contribution < 1.29 is 4.79 Å². The maximum Gasteiger partial charge on any atom is 0.254 e. The van der Waals surface area contributed by atoms with Crippen molar-refractivity contribution in [2.24, 2.45) is 0 Å². The summed E-state index contributed by atoms with van der Waals surface area (Å²) in [4.78, 5) is 25.4. The fraction of sp³-hybridized carbons (Fsp3) is 0.333. The Morgan fingerprint density at radius 3 is 2.54 bits per heavy atom. The molecule has 2 bridgehead atoms. The lowest BCUT2D eigenvalue weighted by Crippen LogP contribution is -2.70. The zero-order valence-corrected chi connectivity index (χ0v) is 13.4. The Labute approximate surface area is 140 Å². The molecule has 0 aliphatic carbocycles. The molecule has 4 heterocycles. The average molecular weight is 319 g/mol. The number of fused-ring (bicyclic) bond motifs is 2. The van der Waals surface area contributed by atoms with E-state index in [1.807, 2.05) is 17.9 Å². The first-order valence-electron chi connectivity index (χ1n) is 8.02. The van der Waals surface area contributed by atoms with Gasteiger partial charge in [-0.05, 0) is 37.6 Å². The monoisotopic (exact) mass is 319 g/mol. The first-order valence-corrected chi connectivity index (χ1v) is 8.02. The quantitative estimate of drug-likeness (QED) is 0.843. The molecule has 2 aromatic rings. The van der Waals surface area contributed by atoms with Gasteiger partial charge in [0, 0.05) is 30.4 Å². The van der Waals surface area contributed by atoms with Crippen molar-refractivity contribution in [2.45, 2.75) is 25.4 Å². The number of piperidine rings is 1. The summed E-state index contributed by atoms with van der Waals surface area (Å²) in [6, 6.07) is 11.4. The van der Waals surface area contributed by atoms with Crippen LogP contribution in [-0.2, 0) is 0 Å². The zero-order valence-electron chi connectivity index (χ0n) is 13.4. The van der Waals surface area contributed by atoms with E-state index in [2.05, 4.69) is 20.9 Å². The van der Waals surface area contributed by atoms with Gasteiger partial charge in [0.2, 0.25) is 0 Å². The van der Waals surface area contributed by atoms with Crippen molar-refractivity contribution in [2.75, 3.05) is 18.0 Å². The summed E-state index contributed by atoms with van der Waals surface area (Å²) >= 11 is 0. The Hall–Kier alpha value is -2.94. The molecule has 1 amide bonds. The van der Waals surface area contributed by atoms with E-state index in [1.165, 1.54) is 0 Å². The average Bonchev–Trinajstić information content (AvgIpc) is 2.62. The van der Waals surface area contributed by atoms with Gasteiger partial charge in [-0.1, -0.05) is 0 Å². The number of nitriles is 1. The first-order chi connectivity index (χ1) is 11.7. The fourth-order valence-electron chi connectivity index (χ4n) is 3.58. The van der Waals surface area contributed by atoms with Crippen LogP contribution in [0.3, 0.4) is 0 Å². The summed E-state index contributed by atoms with van der Waals surface area (Å²) in [5.41, 5.74) is 2.17. The number of amides is 1. The van der Waals surface area contributed by atoms with E-state index in [9.17, 15) is 4.79 Å². The molecule has 3 aliphatic rings. The lowest BCUT2D eigenvalue weighted by Gasteiger charge is -2.56. The summed E-state index contributed by atoms with van der Waals surface area (Å²) in [6.45, 7) is 3.56. The number of aromatic nitrogens is 2. The minimum atomic E-state index is 0.0549. The van der Waals surface area contributed by atoms with Gasteiger partial charge in [0.1, 0.15) is 12.1 Å². The number of hydrogen-bond acceptors (Lipinski definition) is 5. The van der Waals surface area contributed by atoms with E-state index in [4.69, 9.17) is 5.26 Å². The van der Waals surface area contributed by atoms with Gasteiger partial charge in [-0.3, -0.25) is 4.79 Å². The molecule has 0 spiro atoms. The summed E-state index contributed by atoms with van der Waals surface area (Å²) < 4.78 is 0. The highest BCUT2D eigenvalue weighted by Crippen LogP contribution is 2.35. The molecule has 0 saturated carbocycles. The van der Waals surface area contributed by atoms with Crippen LogP contribution in [0.15, 0.2) is 36.7 Å². The molecular weight excluding hydrogens is 302 g/mol. The second-order valence-corrected chi connectivity index (χ2v) is 6.37. The molecular formula is C18H17N5O. The lowest BCUT2D eigenvalue weighted by molar-refractivity contribution is 0.00576. The number of anilines is 1. The molecule has 0 radical (unpaired) electrons. The molecule has 6 nitrogen and oxygen atoms in total. The summed E-state index contributed by atoms with van der Waals surface area (Å²) in [5.74, 6) is 0.988. The Morgan fingerprint density at radius 2 is 1.92 bits per heavy atom. The smallest absolute Gasteiger partial charge is 0.254 e. The standard InChI is InChI=1S/C18H17N5O/c1-12-6-17(21-11-20-12)22-9-15-7-16(10-22)23(15)18(24)14-4-2-13(8-19)3-5-14/h2-6,11,15-16H,7,9-10H2,1H3. The highest BCUT2D eigenvalue weighted by molar-refractivity contribution is 5.95. The maximum atomic E-state index is 12.7. The molecule has 5 rings (SSSR count). The largest absolute Gasteiger partial charge is 0.352 e. The molecule has 3 fully saturated rings. The molecule has 6 heteroatoms. The third-order valence-corrected chi connectivity index (χ3v) is 4.80. The zero-order chi connectivity index (χ0) is 16.7. The summed E-state index contributed by atoms with van der Waals surface area (Å²) in [6.07, 6.45) is 2.63. The van der Waals surface area contributed by atoms with Crippen LogP contribution in [-0.4, -0.2) is 45.9 Å². The highest BCUT2D eigenvalue weighted by atomic mass is 16.2. The number of carbonyl (C=O) groups excluding carboxylic acids is 1. The van der Waals surface area contributed by atoms with Gasteiger partial charge in [-0.15, -0.1) is 0 Å². The molecule has 2 unspecified atom stereocenters. The minimum absolute atomic E-state index is 0.0549. The highest BCUT2D eigenvalue weighted by Gasteiger charge is 2.47. The van der Waals surface area contributed by atoms with Gasteiger partial charge in [-0.2, -0.15) is 5.26 Å². The Morgan fingerprint density at radius 1 is 1.21 bits per heavy atom. The third-order valence-electron chi connectivity index (χ3n) is 4.80. The Balaban J connectivity index is 1.48. The van der Waals surface area contributed by atoms with Crippen LogP contribution in [0.4, 0.5) is 5.82 Å². The molecule has 120 valence electrons. The second kappa shape index (κ2) is 5.60. The van der Waals surface area contributed by atoms with E-state index in [0.29, 0.717) is 11.1 Å². The van der Waals surface area contributed by atoms with Crippen LogP contribution in [0.1, 0.15) is 28.0 Å². The SMILES string of the molecule is Cc1cc(N2CC3CC(C2)N3C(=O)c2ccc(C#N)cc2)ncn1. The molecule has 1 aromatic carbocycles. The topological polar surface area (TPSA) is 73.1 Å². The van der Waals surface area contributed by atoms with Crippen LogP contribution in [0.5, 0.6) is 0 Å². The molecule has 1 aromatic heterocycles. The number of nitrogens with zero attached hydrogens (tertiary/aromatic N) is 5. The van der Waals surface area contributed by atoms with Crippen LogP contribution < -0.4 is 4.90 Å². The van der Waals surface area contributed by atoms with Gasteiger partial charge >= 0.3 is 0 Å². The van der Waals surface area contributed by atoms with Crippen LogP contribution in [0, 0.1) is 18.3 Å². The van der Waals surface area contributed by atoms with Crippen molar-refractivity contribution >= 4 is 11.7 Å². The van der Waals surface area contributed by atoms with Gasteiger partial charge in [0.25, 0.3) is 5.91 Å². The number of aryl methyl sites for hydroxylation is 1. The number of hydrogen-bond donors (Lipinski definition) is 0. The predicted molar refractivity (Wildman–Crippen MR) is 88.5 cm³/mol. The van der Waals surface area contributed by atoms with Crippen molar-refractivity contribution in [3.8, 4) is 6.07 Å². The number of benzene rings is 1. The van der Waals surface area contributed by atoms with E-state index in [-0.39, 0.29) is 18.0 Å². The lowest BCUT2D eigenvalue weighted by atomic mass is 9.86. The first kappa shape index (κ1) is 14.6. The number of rotatable bonds is 2. The Kier molecular flexibility index (Phi) is 3.42. The fourth-order valence-corrected chi connectivity index (χ4v) is 3.58. The maximum absolute atomic E-state index is 12.7. The normalized spacial score (nSPS) is 21.8. The molecule has 0 N–H and O–H groups in total.